The summed E-state index contributed by atoms with van der Waals surface area (Å²) in [7, 11) is 1.34. The van der Waals surface area contributed by atoms with Crippen molar-refractivity contribution in [3.63, 3.8) is 0 Å². The van der Waals surface area contributed by atoms with E-state index in [1.165, 1.54) is 18.4 Å². The molecule has 4 rings (SSSR count). The van der Waals surface area contributed by atoms with Crippen molar-refractivity contribution in [3.05, 3.63) is 28.2 Å². The molecule has 2 bridgehead atoms. The zero-order chi connectivity index (χ0) is 19.3. The second-order valence-corrected chi connectivity index (χ2v) is 8.98. The van der Waals surface area contributed by atoms with Crippen molar-refractivity contribution in [2.45, 2.75) is 32.6 Å². The molecule has 1 heterocycles. The molecule has 7 heteroatoms. The Morgan fingerprint density at radius 2 is 1.93 bits per heavy atom. The van der Waals surface area contributed by atoms with Gasteiger partial charge in [-0.3, -0.25) is 9.59 Å². The molecule has 144 valence electrons. The summed E-state index contributed by atoms with van der Waals surface area (Å²) in [5.41, 5.74) is 1.42. The maximum absolute atomic E-state index is 13.0. The Labute approximate surface area is 161 Å². The predicted molar refractivity (Wildman–Crippen MR) is 101 cm³/mol. The molecule has 0 spiro atoms. The van der Waals surface area contributed by atoms with Gasteiger partial charge in [0, 0.05) is 4.88 Å². The summed E-state index contributed by atoms with van der Waals surface area (Å²) in [4.78, 5) is 38.2. The Morgan fingerprint density at radius 3 is 2.59 bits per heavy atom. The Bertz CT molecular complexity index is 842. The van der Waals surface area contributed by atoms with Crippen LogP contribution in [0.3, 0.4) is 0 Å². The number of methoxy groups -OCH3 is 1. The van der Waals surface area contributed by atoms with Crippen LogP contribution in [-0.4, -0.2) is 30.1 Å². The molecule has 0 radical (unpaired) electrons. The SMILES string of the molecule is COC(=O)c1c(NC(=O)[C@H]2[C@H](C(=O)O)[C@H]3C=C[C@H]2C3)sc2c1CC[C@@H](C)C2. The number of carboxylic acids is 1. The smallest absolute Gasteiger partial charge is 0.341 e. The molecule has 1 fully saturated rings. The molecule has 1 amide bonds. The van der Waals surface area contributed by atoms with Crippen molar-refractivity contribution < 1.29 is 24.2 Å². The van der Waals surface area contributed by atoms with Crippen LogP contribution in [0, 0.1) is 29.6 Å². The van der Waals surface area contributed by atoms with Crippen LogP contribution in [0.15, 0.2) is 12.2 Å². The van der Waals surface area contributed by atoms with Crippen molar-refractivity contribution in [2.75, 3.05) is 12.4 Å². The molecule has 2 N–H and O–H groups in total. The van der Waals surface area contributed by atoms with Crippen LogP contribution >= 0.6 is 11.3 Å². The Kier molecular flexibility index (Phi) is 4.58. The first kappa shape index (κ1) is 18.2. The number of nitrogens with one attached hydrogen (secondary N) is 1. The average molecular weight is 389 g/mol. The molecule has 0 aliphatic heterocycles. The quantitative estimate of drug-likeness (QED) is 0.610. The molecule has 1 saturated carbocycles. The van der Waals surface area contributed by atoms with Crippen LogP contribution < -0.4 is 5.32 Å². The van der Waals surface area contributed by atoms with Gasteiger partial charge in [0.1, 0.15) is 5.00 Å². The van der Waals surface area contributed by atoms with Gasteiger partial charge in [-0.2, -0.15) is 0 Å². The largest absolute Gasteiger partial charge is 0.481 e. The number of ether oxygens (including phenoxy) is 1. The summed E-state index contributed by atoms with van der Waals surface area (Å²) in [5.74, 6) is -2.57. The second kappa shape index (κ2) is 6.78. The number of anilines is 1. The van der Waals surface area contributed by atoms with Gasteiger partial charge in [0.25, 0.3) is 0 Å². The molecule has 0 aromatic carbocycles. The van der Waals surface area contributed by atoms with E-state index in [2.05, 4.69) is 12.2 Å². The number of fused-ring (bicyclic) bond motifs is 3. The van der Waals surface area contributed by atoms with Crippen molar-refractivity contribution in [1.82, 2.24) is 0 Å². The lowest BCUT2D eigenvalue weighted by Gasteiger charge is -2.23. The van der Waals surface area contributed by atoms with E-state index < -0.39 is 23.8 Å². The summed E-state index contributed by atoms with van der Waals surface area (Å²) < 4.78 is 4.96. The van der Waals surface area contributed by atoms with Gasteiger partial charge in [0.15, 0.2) is 0 Å². The number of carbonyl (C=O) groups excluding carboxylic acids is 2. The number of carboxylic acid groups (broad SMARTS) is 1. The van der Waals surface area contributed by atoms with Crippen LogP contribution in [0.5, 0.6) is 0 Å². The van der Waals surface area contributed by atoms with Crippen molar-refractivity contribution in [1.29, 1.82) is 0 Å². The van der Waals surface area contributed by atoms with Gasteiger partial charge in [0.2, 0.25) is 5.91 Å². The first-order valence-electron chi connectivity index (χ1n) is 9.35. The van der Waals surface area contributed by atoms with E-state index >= 15 is 0 Å². The highest BCUT2D eigenvalue weighted by Gasteiger charge is 2.51. The molecule has 1 aromatic heterocycles. The number of thiophene rings is 1. The zero-order valence-corrected chi connectivity index (χ0v) is 16.2. The first-order valence-corrected chi connectivity index (χ1v) is 10.2. The fourth-order valence-electron chi connectivity index (χ4n) is 4.87. The van der Waals surface area contributed by atoms with Crippen molar-refractivity contribution >= 4 is 34.2 Å². The number of allylic oxidation sites excluding steroid dienone is 2. The maximum Gasteiger partial charge on any atom is 0.341 e. The number of aliphatic carboxylic acids is 1. The molecule has 5 atom stereocenters. The van der Waals surface area contributed by atoms with Crippen LogP contribution in [-0.2, 0) is 27.2 Å². The van der Waals surface area contributed by atoms with E-state index in [9.17, 15) is 19.5 Å². The summed E-state index contributed by atoms with van der Waals surface area (Å²) in [6, 6.07) is 0. The lowest BCUT2D eigenvalue weighted by Crippen LogP contribution is -2.36. The normalized spacial score (nSPS) is 30.8. The summed E-state index contributed by atoms with van der Waals surface area (Å²) in [6.07, 6.45) is 7.25. The molecule has 0 unspecified atom stereocenters. The van der Waals surface area contributed by atoms with Gasteiger partial charge in [-0.25, -0.2) is 4.79 Å². The number of hydrogen-bond donors (Lipinski definition) is 2. The van der Waals surface area contributed by atoms with E-state index in [1.54, 1.807) is 0 Å². The van der Waals surface area contributed by atoms with Crippen LogP contribution in [0.4, 0.5) is 5.00 Å². The van der Waals surface area contributed by atoms with E-state index in [0.717, 1.165) is 29.7 Å². The predicted octanol–water partition coefficient (Wildman–Crippen LogP) is 3.12. The van der Waals surface area contributed by atoms with Crippen LogP contribution in [0.2, 0.25) is 0 Å². The van der Waals surface area contributed by atoms with E-state index in [4.69, 9.17) is 4.74 Å². The van der Waals surface area contributed by atoms with Gasteiger partial charge in [-0.05, 0) is 49.0 Å². The second-order valence-electron chi connectivity index (χ2n) is 7.87. The van der Waals surface area contributed by atoms with Gasteiger partial charge in [0.05, 0.1) is 24.5 Å². The highest BCUT2D eigenvalue weighted by Crippen LogP contribution is 2.49. The van der Waals surface area contributed by atoms with E-state index in [1.807, 2.05) is 12.2 Å². The van der Waals surface area contributed by atoms with Gasteiger partial charge < -0.3 is 15.2 Å². The Balaban J connectivity index is 1.64. The first-order chi connectivity index (χ1) is 12.9. The molecule has 6 nitrogen and oxygen atoms in total. The van der Waals surface area contributed by atoms with Crippen molar-refractivity contribution in [2.24, 2.45) is 29.6 Å². The molecular formula is C20H23NO5S. The number of hydrogen-bond acceptors (Lipinski definition) is 5. The van der Waals surface area contributed by atoms with E-state index in [0.29, 0.717) is 22.9 Å². The minimum atomic E-state index is -0.931. The van der Waals surface area contributed by atoms with E-state index in [-0.39, 0.29) is 17.7 Å². The molecular weight excluding hydrogens is 366 g/mol. The van der Waals surface area contributed by atoms with Crippen LogP contribution in [0.1, 0.15) is 40.6 Å². The van der Waals surface area contributed by atoms with Gasteiger partial charge in [-0.15, -0.1) is 11.3 Å². The van der Waals surface area contributed by atoms with Crippen LogP contribution in [0.25, 0.3) is 0 Å². The summed E-state index contributed by atoms with van der Waals surface area (Å²) >= 11 is 1.43. The lowest BCUT2D eigenvalue weighted by atomic mass is 9.82. The molecule has 3 aliphatic rings. The van der Waals surface area contributed by atoms with Crippen molar-refractivity contribution in [3.8, 4) is 0 Å². The lowest BCUT2D eigenvalue weighted by molar-refractivity contribution is -0.146. The van der Waals surface area contributed by atoms with Gasteiger partial charge in [-0.1, -0.05) is 19.1 Å². The Morgan fingerprint density at radius 1 is 1.22 bits per heavy atom. The van der Waals surface area contributed by atoms with Gasteiger partial charge >= 0.3 is 11.9 Å². The topological polar surface area (TPSA) is 92.7 Å². The molecule has 0 saturated heterocycles. The Hall–Kier alpha value is -2.15. The third kappa shape index (κ3) is 2.98. The molecule has 27 heavy (non-hydrogen) atoms. The minimum absolute atomic E-state index is 0.0488. The number of rotatable bonds is 4. The standard InChI is InChI=1S/C20H23NO5S/c1-9-3-6-12-13(7-9)27-18(16(12)20(25)26-2)21-17(22)14-10-4-5-11(8-10)15(14)19(23)24/h4-5,9-11,14-15H,3,6-8H2,1-2H3,(H,21,22)(H,23,24)/t9-,10+,11+,14-,15-/m1/s1. The third-order valence-electron chi connectivity index (χ3n) is 6.19. The number of carbonyl (C=O) groups is 3. The third-order valence-corrected chi connectivity index (χ3v) is 7.35. The zero-order valence-electron chi connectivity index (χ0n) is 15.4. The average Bonchev–Trinajstić information content (AvgIpc) is 3.32. The summed E-state index contributed by atoms with van der Waals surface area (Å²) in [5, 5.41) is 13.0. The number of amides is 1. The fourth-order valence-corrected chi connectivity index (χ4v) is 6.27. The highest BCUT2D eigenvalue weighted by molar-refractivity contribution is 7.17. The number of esters is 1. The minimum Gasteiger partial charge on any atom is -0.481 e. The molecule has 3 aliphatic carbocycles. The molecule has 1 aromatic rings. The fraction of sp³-hybridized carbons (Fsp3) is 0.550. The highest BCUT2D eigenvalue weighted by atomic mass is 32.1. The monoisotopic (exact) mass is 389 g/mol. The summed E-state index contributed by atoms with van der Waals surface area (Å²) in [6.45, 7) is 2.18. The maximum atomic E-state index is 13.0.